The zero-order valence-electron chi connectivity index (χ0n) is 16.9. The molecule has 0 bridgehead atoms. The second-order valence-electron chi connectivity index (χ2n) is 7.51. The normalized spacial score (nSPS) is 11.8. The molecule has 0 heterocycles. The second kappa shape index (κ2) is 8.52. The fourth-order valence-corrected chi connectivity index (χ4v) is 4.60. The van der Waals surface area contributed by atoms with Crippen LogP contribution in [0.1, 0.15) is 47.1 Å². The lowest BCUT2D eigenvalue weighted by molar-refractivity contribution is 0.0960. The third kappa shape index (κ3) is 5.56. The molecule has 0 saturated carbocycles. The van der Waals surface area contributed by atoms with Gasteiger partial charge in [-0.15, -0.1) is 0 Å². The Morgan fingerprint density at radius 3 is 2.28 bits per heavy atom. The molecule has 0 unspecified atom stereocenters. The van der Waals surface area contributed by atoms with Crippen molar-refractivity contribution in [2.45, 2.75) is 38.1 Å². The maximum atomic E-state index is 12.7. The maximum Gasteiger partial charge on any atom is 0.255 e. The molecular formula is C20H24ClN3O4S. The van der Waals surface area contributed by atoms with Crippen LogP contribution in [-0.2, 0) is 10.0 Å². The van der Waals surface area contributed by atoms with E-state index in [1.165, 1.54) is 25.2 Å². The third-order valence-corrected chi connectivity index (χ3v) is 6.22. The number of carbonyl (C=O) groups excluding carboxylic acids is 2. The van der Waals surface area contributed by atoms with Gasteiger partial charge in [0.25, 0.3) is 11.8 Å². The molecule has 0 aliphatic carbocycles. The molecule has 29 heavy (non-hydrogen) atoms. The summed E-state index contributed by atoms with van der Waals surface area (Å²) in [5.41, 5.74) is 0.879. The average Bonchev–Trinajstić information content (AvgIpc) is 2.61. The number of rotatable bonds is 5. The maximum absolute atomic E-state index is 12.7. The SMILES string of the molecule is CNC(=O)c1cccc(NC(=O)c2ccc(Cl)c(S(=O)(=O)NC(C)(C)C)c2)c1C. The van der Waals surface area contributed by atoms with E-state index in [0.717, 1.165) is 0 Å². The van der Waals surface area contributed by atoms with Crippen molar-refractivity contribution < 1.29 is 18.0 Å². The molecule has 2 rings (SSSR count). The van der Waals surface area contributed by atoms with Gasteiger partial charge in [0.2, 0.25) is 10.0 Å². The van der Waals surface area contributed by atoms with Crippen LogP contribution in [0, 0.1) is 6.92 Å². The summed E-state index contributed by atoms with van der Waals surface area (Å²) in [6, 6.07) is 8.98. The highest BCUT2D eigenvalue weighted by Gasteiger charge is 2.25. The number of amides is 2. The molecule has 2 aromatic carbocycles. The third-order valence-electron chi connectivity index (χ3n) is 3.98. The number of sulfonamides is 1. The van der Waals surface area contributed by atoms with Gasteiger partial charge in [0, 0.05) is 29.4 Å². The Morgan fingerprint density at radius 1 is 1.03 bits per heavy atom. The van der Waals surface area contributed by atoms with E-state index in [1.807, 2.05) is 0 Å². The number of nitrogens with one attached hydrogen (secondary N) is 3. The Labute approximate surface area is 175 Å². The van der Waals surface area contributed by atoms with E-state index in [1.54, 1.807) is 45.9 Å². The lowest BCUT2D eigenvalue weighted by Crippen LogP contribution is -2.40. The molecule has 0 aromatic heterocycles. The van der Waals surface area contributed by atoms with Crippen LogP contribution in [0.2, 0.25) is 5.02 Å². The molecule has 2 amide bonds. The summed E-state index contributed by atoms with van der Waals surface area (Å²) in [5.74, 6) is -0.794. The summed E-state index contributed by atoms with van der Waals surface area (Å²) < 4.78 is 27.8. The van der Waals surface area contributed by atoms with Crippen molar-refractivity contribution in [3.63, 3.8) is 0 Å². The molecule has 0 fully saturated rings. The highest BCUT2D eigenvalue weighted by atomic mass is 35.5. The van der Waals surface area contributed by atoms with Crippen LogP contribution in [0.15, 0.2) is 41.3 Å². The zero-order chi connectivity index (χ0) is 22.0. The fourth-order valence-electron chi connectivity index (χ4n) is 2.65. The number of halogens is 1. The van der Waals surface area contributed by atoms with E-state index in [9.17, 15) is 18.0 Å². The van der Waals surface area contributed by atoms with Crippen molar-refractivity contribution in [2.75, 3.05) is 12.4 Å². The van der Waals surface area contributed by atoms with E-state index in [2.05, 4.69) is 15.4 Å². The van der Waals surface area contributed by atoms with Crippen LogP contribution in [0.4, 0.5) is 5.69 Å². The lowest BCUT2D eigenvalue weighted by Gasteiger charge is -2.21. The molecule has 0 atom stereocenters. The van der Waals surface area contributed by atoms with Crippen LogP contribution in [0.3, 0.4) is 0 Å². The summed E-state index contributed by atoms with van der Waals surface area (Å²) >= 11 is 6.08. The van der Waals surface area contributed by atoms with Gasteiger partial charge in [-0.2, -0.15) is 0 Å². The Hall–Kier alpha value is -2.42. The van der Waals surface area contributed by atoms with Gasteiger partial charge in [-0.25, -0.2) is 13.1 Å². The first-order valence-electron chi connectivity index (χ1n) is 8.82. The highest BCUT2D eigenvalue weighted by molar-refractivity contribution is 7.89. The topological polar surface area (TPSA) is 104 Å². The van der Waals surface area contributed by atoms with Crippen LogP contribution < -0.4 is 15.4 Å². The summed E-state index contributed by atoms with van der Waals surface area (Å²) in [6.07, 6.45) is 0. The van der Waals surface area contributed by atoms with Crippen molar-refractivity contribution in [1.29, 1.82) is 0 Å². The lowest BCUT2D eigenvalue weighted by atomic mass is 10.1. The summed E-state index contributed by atoms with van der Waals surface area (Å²) in [6.45, 7) is 6.83. The molecule has 0 spiro atoms. The minimum absolute atomic E-state index is 0.0103. The molecule has 2 aromatic rings. The monoisotopic (exact) mass is 437 g/mol. The molecule has 9 heteroatoms. The second-order valence-corrected chi connectivity index (χ2v) is 9.57. The molecule has 0 aliphatic rings. The van der Waals surface area contributed by atoms with Crippen molar-refractivity contribution in [3.05, 3.63) is 58.1 Å². The molecule has 3 N–H and O–H groups in total. The van der Waals surface area contributed by atoms with Gasteiger partial charge in [-0.3, -0.25) is 9.59 Å². The average molecular weight is 438 g/mol. The summed E-state index contributed by atoms with van der Waals surface area (Å²) in [7, 11) is -2.40. The zero-order valence-corrected chi connectivity index (χ0v) is 18.5. The van der Waals surface area contributed by atoms with Crippen LogP contribution in [0.25, 0.3) is 0 Å². The number of hydrogen-bond donors (Lipinski definition) is 3. The van der Waals surface area contributed by atoms with Crippen LogP contribution in [0.5, 0.6) is 0 Å². The van der Waals surface area contributed by atoms with Crippen LogP contribution >= 0.6 is 11.6 Å². The minimum Gasteiger partial charge on any atom is -0.355 e. The van der Waals surface area contributed by atoms with Crippen molar-refractivity contribution >= 4 is 39.1 Å². The molecule has 0 radical (unpaired) electrons. The Morgan fingerprint density at radius 2 is 1.69 bits per heavy atom. The van der Waals surface area contributed by atoms with Gasteiger partial charge in [-0.1, -0.05) is 17.7 Å². The smallest absolute Gasteiger partial charge is 0.255 e. The summed E-state index contributed by atoms with van der Waals surface area (Å²) in [5, 5.41) is 5.27. The number of carbonyl (C=O) groups is 2. The number of anilines is 1. The minimum atomic E-state index is -3.92. The van der Waals surface area contributed by atoms with E-state index in [4.69, 9.17) is 11.6 Å². The quantitative estimate of drug-likeness (QED) is 0.667. The first-order chi connectivity index (χ1) is 13.4. The van der Waals surface area contributed by atoms with Gasteiger partial charge in [-0.05, 0) is 63.6 Å². The first kappa shape index (κ1) is 22.9. The molecule has 0 aliphatic heterocycles. The van der Waals surface area contributed by atoms with E-state index in [-0.39, 0.29) is 21.4 Å². The van der Waals surface area contributed by atoms with Crippen molar-refractivity contribution in [1.82, 2.24) is 10.0 Å². The van der Waals surface area contributed by atoms with Gasteiger partial charge in [0.1, 0.15) is 4.90 Å². The predicted octanol–water partition coefficient (Wildman–Crippen LogP) is 3.34. The van der Waals surface area contributed by atoms with Gasteiger partial charge in [0.05, 0.1) is 5.02 Å². The van der Waals surface area contributed by atoms with Crippen molar-refractivity contribution in [3.8, 4) is 0 Å². The predicted molar refractivity (Wildman–Crippen MR) is 114 cm³/mol. The fraction of sp³-hybridized carbons (Fsp3) is 0.300. The molecule has 7 nitrogen and oxygen atoms in total. The Balaban J connectivity index is 2.38. The molecule has 0 saturated heterocycles. The van der Waals surface area contributed by atoms with E-state index < -0.39 is 21.5 Å². The molecule has 156 valence electrons. The van der Waals surface area contributed by atoms with E-state index >= 15 is 0 Å². The van der Waals surface area contributed by atoms with Gasteiger partial charge >= 0.3 is 0 Å². The number of hydrogen-bond acceptors (Lipinski definition) is 4. The first-order valence-corrected chi connectivity index (χ1v) is 10.7. The highest BCUT2D eigenvalue weighted by Crippen LogP contribution is 2.25. The van der Waals surface area contributed by atoms with Crippen LogP contribution in [-0.4, -0.2) is 32.8 Å². The van der Waals surface area contributed by atoms with E-state index in [0.29, 0.717) is 16.8 Å². The Kier molecular flexibility index (Phi) is 6.72. The standard InChI is InChI=1S/C20H24ClN3O4S/c1-12-14(19(26)22-5)7-6-8-16(12)23-18(25)13-9-10-15(21)17(11-13)29(27,28)24-20(2,3)4/h6-11,24H,1-5H3,(H,22,26)(H,23,25). The van der Waals surface area contributed by atoms with Gasteiger partial charge in [0.15, 0.2) is 0 Å². The van der Waals surface area contributed by atoms with Crippen molar-refractivity contribution in [2.24, 2.45) is 0 Å². The largest absolute Gasteiger partial charge is 0.355 e. The number of benzene rings is 2. The van der Waals surface area contributed by atoms with Gasteiger partial charge < -0.3 is 10.6 Å². The molecular weight excluding hydrogens is 414 g/mol. The Bertz CT molecular complexity index is 1060. The summed E-state index contributed by atoms with van der Waals surface area (Å²) in [4.78, 5) is 24.5.